The van der Waals surface area contributed by atoms with Crippen molar-refractivity contribution in [2.45, 2.75) is 0 Å². The van der Waals surface area contributed by atoms with Gasteiger partial charge in [0, 0.05) is 35.0 Å². The molecule has 0 bridgehead atoms. The summed E-state index contributed by atoms with van der Waals surface area (Å²) < 4.78 is 42.7. The molecule has 0 unspecified atom stereocenters. The third kappa shape index (κ3) is 2.48. The standard InChI is InChI=1S/C19H9F3N4/c1-23-18-9-25-17-5-4-11(10-26(17)18)12-3-2-6-24-19(12)13-7-15(21)16(22)8-14(13)20/h2-10H. The first-order valence-electron chi connectivity index (χ1n) is 7.53. The van der Waals surface area contributed by atoms with Gasteiger partial charge < -0.3 is 4.85 Å². The van der Waals surface area contributed by atoms with Crippen molar-refractivity contribution in [3.05, 3.63) is 83.9 Å². The van der Waals surface area contributed by atoms with Crippen LogP contribution in [0.5, 0.6) is 0 Å². The lowest BCUT2D eigenvalue weighted by molar-refractivity contribution is 0.496. The van der Waals surface area contributed by atoms with E-state index in [1.165, 1.54) is 12.4 Å². The molecule has 4 rings (SSSR count). The van der Waals surface area contributed by atoms with Gasteiger partial charge in [-0.1, -0.05) is 12.6 Å². The summed E-state index contributed by atoms with van der Waals surface area (Å²) in [7, 11) is 0. The van der Waals surface area contributed by atoms with Crippen molar-refractivity contribution in [1.82, 2.24) is 14.4 Å². The van der Waals surface area contributed by atoms with E-state index in [1.807, 2.05) is 0 Å². The van der Waals surface area contributed by atoms with Crippen molar-refractivity contribution in [1.29, 1.82) is 0 Å². The van der Waals surface area contributed by atoms with Crippen molar-refractivity contribution in [3.63, 3.8) is 0 Å². The molecule has 0 aliphatic heterocycles. The fourth-order valence-electron chi connectivity index (χ4n) is 2.77. The average molecular weight is 350 g/mol. The molecule has 7 heteroatoms. The molecule has 4 aromatic rings. The number of benzene rings is 1. The van der Waals surface area contributed by atoms with E-state index in [0.717, 1.165) is 6.07 Å². The topological polar surface area (TPSA) is 34.5 Å². The summed E-state index contributed by atoms with van der Waals surface area (Å²) in [5.41, 5.74) is 1.77. The molecule has 4 nitrogen and oxygen atoms in total. The number of imidazole rings is 1. The molecule has 0 atom stereocenters. The van der Waals surface area contributed by atoms with Gasteiger partial charge in [0.1, 0.15) is 5.82 Å². The number of nitrogens with zero attached hydrogens (tertiary/aromatic N) is 4. The second-order valence-electron chi connectivity index (χ2n) is 5.52. The maximum atomic E-state index is 14.2. The quantitative estimate of drug-likeness (QED) is 0.375. The maximum Gasteiger partial charge on any atom is 0.254 e. The molecule has 26 heavy (non-hydrogen) atoms. The minimum absolute atomic E-state index is 0.143. The molecule has 0 radical (unpaired) electrons. The Kier molecular flexibility index (Phi) is 3.66. The van der Waals surface area contributed by atoms with Gasteiger partial charge >= 0.3 is 0 Å². The Morgan fingerprint density at radius 3 is 2.54 bits per heavy atom. The lowest BCUT2D eigenvalue weighted by Gasteiger charge is -2.10. The molecule has 0 saturated carbocycles. The molecule has 0 spiro atoms. The molecule has 0 aliphatic carbocycles. The molecule has 0 fully saturated rings. The summed E-state index contributed by atoms with van der Waals surface area (Å²) in [5.74, 6) is -3.00. The summed E-state index contributed by atoms with van der Waals surface area (Å²) in [6, 6.07) is 8.09. The highest BCUT2D eigenvalue weighted by atomic mass is 19.2. The number of hydrogen-bond donors (Lipinski definition) is 0. The smallest absolute Gasteiger partial charge is 0.254 e. The van der Waals surface area contributed by atoms with E-state index >= 15 is 0 Å². The zero-order chi connectivity index (χ0) is 18.3. The van der Waals surface area contributed by atoms with Crippen molar-refractivity contribution < 1.29 is 13.2 Å². The van der Waals surface area contributed by atoms with Crippen LogP contribution in [0.3, 0.4) is 0 Å². The van der Waals surface area contributed by atoms with Crippen LogP contribution in [0.2, 0.25) is 0 Å². The minimum Gasteiger partial charge on any atom is -0.362 e. The highest BCUT2D eigenvalue weighted by Crippen LogP contribution is 2.33. The second kappa shape index (κ2) is 6.01. The summed E-state index contributed by atoms with van der Waals surface area (Å²) in [5, 5.41) is 0. The third-order valence-corrected chi connectivity index (χ3v) is 3.98. The first kappa shape index (κ1) is 15.8. The number of hydrogen-bond acceptors (Lipinski definition) is 2. The van der Waals surface area contributed by atoms with E-state index in [2.05, 4.69) is 14.8 Å². The van der Waals surface area contributed by atoms with Gasteiger partial charge in [-0.25, -0.2) is 22.6 Å². The molecule has 0 aliphatic rings. The predicted molar refractivity (Wildman–Crippen MR) is 90.0 cm³/mol. The minimum atomic E-state index is -1.26. The number of fused-ring (bicyclic) bond motifs is 1. The van der Waals surface area contributed by atoms with Gasteiger partial charge in [-0.3, -0.25) is 4.98 Å². The first-order valence-corrected chi connectivity index (χ1v) is 7.53. The number of halogens is 3. The highest BCUT2D eigenvalue weighted by Gasteiger charge is 2.17. The first-order chi connectivity index (χ1) is 12.6. The number of rotatable bonds is 2. The molecule has 1 aromatic carbocycles. The van der Waals surface area contributed by atoms with Crippen molar-refractivity contribution in [3.8, 4) is 22.4 Å². The maximum absolute atomic E-state index is 14.2. The number of pyridine rings is 2. The zero-order valence-corrected chi connectivity index (χ0v) is 13.1. The lowest BCUT2D eigenvalue weighted by Crippen LogP contribution is -1.96. The molecule has 0 saturated heterocycles. The Labute approximate surface area is 146 Å². The van der Waals surface area contributed by atoms with Crippen molar-refractivity contribution >= 4 is 11.5 Å². The van der Waals surface area contributed by atoms with Crippen LogP contribution in [0.1, 0.15) is 0 Å². The molecule has 126 valence electrons. The zero-order valence-electron chi connectivity index (χ0n) is 13.1. The molecule has 3 heterocycles. The molecule has 0 amide bonds. The van der Waals surface area contributed by atoms with Gasteiger partial charge in [-0.05, 0) is 18.2 Å². The normalized spacial score (nSPS) is 10.8. The second-order valence-corrected chi connectivity index (χ2v) is 5.52. The van der Waals surface area contributed by atoms with Gasteiger partial charge in [0.15, 0.2) is 11.6 Å². The lowest BCUT2D eigenvalue weighted by atomic mass is 10.00. The molecule has 0 N–H and O–H groups in total. The van der Waals surface area contributed by atoms with Crippen LogP contribution in [0.15, 0.2) is 55.0 Å². The Hall–Kier alpha value is -3.66. The van der Waals surface area contributed by atoms with Crippen molar-refractivity contribution in [2.24, 2.45) is 0 Å². The van der Waals surface area contributed by atoms with Gasteiger partial charge in [-0.15, -0.1) is 0 Å². The average Bonchev–Trinajstić information content (AvgIpc) is 3.07. The van der Waals surface area contributed by atoms with Gasteiger partial charge in [-0.2, -0.15) is 0 Å². The fraction of sp³-hybridized carbons (Fsp3) is 0. The Morgan fingerprint density at radius 1 is 0.923 bits per heavy atom. The summed E-state index contributed by atoms with van der Waals surface area (Å²) in [4.78, 5) is 11.7. The third-order valence-electron chi connectivity index (χ3n) is 3.98. The van der Waals surface area contributed by atoms with E-state index < -0.39 is 17.5 Å². The number of aromatic nitrogens is 3. The van der Waals surface area contributed by atoms with Crippen LogP contribution in [0.4, 0.5) is 19.0 Å². The summed E-state index contributed by atoms with van der Waals surface area (Å²) >= 11 is 0. The van der Waals surface area contributed by atoms with Crippen LogP contribution in [0.25, 0.3) is 32.9 Å². The van der Waals surface area contributed by atoms with Gasteiger partial charge in [0.2, 0.25) is 5.65 Å². The van der Waals surface area contributed by atoms with Gasteiger partial charge in [0.05, 0.1) is 18.1 Å². The van der Waals surface area contributed by atoms with Crippen LogP contribution < -0.4 is 0 Å². The highest BCUT2D eigenvalue weighted by molar-refractivity contribution is 5.81. The van der Waals surface area contributed by atoms with Crippen molar-refractivity contribution in [2.75, 3.05) is 0 Å². The summed E-state index contributed by atoms with van der Waals surface area (Å²) in [6.07, 6.45) is 4.57. The Bertz CT molecular complexity index is 1190. The van der Waals surface area contributed by atoms with E-state index in [9.17, 15) is 13.2 Å². The van der Waals surface area contributed by atoms with Crippen LogP contribution in [-0.2, 0) is 0 Å². The van der Waals surface area contributed by atoms with Crippen LogP contribution in [-0.4, -0.2) is 14.4 Å². The van der Waals surface area contributed by atoms with E-state index in [0.29, 0.717) is 28.7 Å². The monoisotopic (exact) mass is 350 g/mol. The van der Waals surface area contributed by atoms with Gasteiger partial charge in [0.25, 0.3) is 5.82 Å². The molecule has 3 aromatic heterocycles. The predicted octanol–water partition coefficient (Wildman–Crippen LogP) is 5.03. The Balaban J connectivity index is 1.95. The largest absolute Gasteiger partial charge is 0.362 e. The molecular formula is C19H9F3N4. The van der Waals surface area contributed by atoms with Crippen LogP contribution >= 0.6 is 0 Å². The van der Waals surface area contributed by atoms with Crippen LogP contribution in [0, 0.1) is 24.0 Å². The van der Waals surface area contributed by atoms with E-state index in [-0.39, 0.29) is 11.3 Å². The van der Waals surface area contributed by atoms with E-state index in [1.54, 1.807) is 34.9 Å². The van der Waals surface area contributed by atoms with E-state index in [4.69, 9.17) is 6.57 Å². The SMILES string of the molecule is [C-]#[N+]c1cnc2ccc(-c3cccnc3-c3cc(F)c(F)cc3F)cn12. The summed E-state index contributed by atoms with van der Waals surface area (Å²) in [6.45, 7) is 7.19. The molecular weight excluding hydrogens is 341 g/mol. The fourth-order valence-corrected chi connectivity index (χ4v) is 2.77. The Morgan fingerprint density at radius 2 is 1.73 bits per heavy atom.